The van der Waals surface area contributed by atoms with Crippen molar-refractivity contribution >= 4 is 0 Å². The summed E-state index contributed by atoms with van der Waals surface area (Å²) in [6.07, 6.45) is -14.7. The molecule has 2 aliphatic heterocycles. The first-order valence-electron chi connectivity index (χ1n) is 15.5. The van der Waals surface area contributed by atoms with E-state index in [1.807, 2.05) is 0 Å². The van der Waals surface area contributed by atoms with E-state index in [1.165, 1.54) is 26.4 Å². The number of benzene rings is 2. The van der Waals surface area contributed by atoms with E-state index in [4.69, 9.17) is 28.4 Å². The van der Waals surface area contributed by atoms with Gasteiger partial charge in [-0.1, -0.05) is 12.1 Å². The Balaban J connectivity index is 1.66. The van der Waals surface area contributed by atoms with Crippen molar-refractivity contribution in [2.45, 2.75) is 74.3 Å². The predicted octanol–water partition coefficient (Wildman–Crippen LogP) is -2.23. The van der Waals surface area contributed by atoms with Crippen molar-refractivity contribution in [3.8, 4) is 23.0 Å². The number of rotatable bonds is 15. The van der Waals surface area contributed by atoms with E-state index in [-0.39, 0.29) is 49.1 Å². The second-order valence-corrected chi connectivity index (χ2v) is 12.0. The van der Waals surface area contributed by atoms with Crippen molar-refractivity contribution in [2.24, 2.45) is 11.8 Å². The van der Waals surface area contributed by atoms with Crippen LogP contribution >= 0.6 is 0 Å². The Morgan fingerprint density at radius 3 is 1.29 bits per heavy atom. The van der Waals surface area contributed by atoms with E-state index in [1.54, 1.807) is 24.3 Å². The molecule has 0 aromatic heterocycles. The number of aliphatic hydroxyl groups is 8. The molecule has 0 radical (unpaired) electrons. The topological polar surface area (TPSA) is 258 Å². The van der Waals surface area contributed by atoms with Crippen LogP contribution in [0.4, 0.5) is 0 Å². The van der Waals surface area contributed by atoms with E-state index in [9.17, 15) is 51.1 Å². The zero-order chi connectivity index (χ0) is 35.1. The molecular formula is C32H46O16. The van der Waals surface area contributed by atoms with Gasteiger partial charge >= 0.3 is 0 Å². The Bertz CT molecular complexity index is 1200. The number of phenols is 2. The molecule has 2 saturated heterocycles. The average Bonchev–Trinajstić information content (AvgIpc) is 3.09. The van der Waals surface area contributed by atoms with Crippen LogP contribution in [-0.2, 0) is 31.8 Å². The van der Waals surface area contributed by atoms with E-state index >= 15 is 0 Å². The summed E-state index contributed by atoms with van der Waals surface area (Å²) in [7, 11) is 2.79. The van der Waals surface area contributed by atoms with Crippen molar-refractivity contribution in [3.05, 3.63) is 47.5 Å². The van der Waals surface area contributed by atoms with Gasteiger partial charge in [-0.15, -0.1) is 0 Å². The van der Waals surface area contributed by atoms with Gasteiger partial charge in [0.25, 0.3) is 0 Å². The third-order valence-electron chi connectivity index (χ3n) is 8.80. The standard InChI is InChI=1S/C32H46O16/c1-43-21-9-15(3-5-19(21)35)7-17(13-45-31-29(41)27(39)25(37)23(11-33)47-31)18(8-16-4-6-20(36)22(10-16)44-2)14-46-32-30(42)28(40)26(38)24(12-34)48-32/h3-6,9-10,17-18,23-42H,7-8,11-14H2,1-2H3/t17-,18?,23?,24?,25?,26?,27?,28?,29?,30?,31?,32?/m0/s1. The van der Waals surface area contributed by atoms with Crippen LogP contribution in [0.2, 0.25) is 0 Å². The molecule has 2 aliphatic rings. The largest absolute Gasteiger partial charge is 0.504 e. The highest BCUT2D eigenvalue weighted by Gasteiger charge is 2.46. The second-order valence-electron chi connectivity index (χ2n) is 12.0. The molecule has 16 nitrogen and oxygen atoms in total. The SMILES string of the molecule is COc1cc(CC(COC2OC(CO)C(O)C(O)C2O)[C@H](COC2OC(CO)C(O)C(O)C2O)Cc2ccc(O)c(OC)c2)ccc1O. The number of phenolic OH excluding ortho intramolecular Hbond substituents is 2. The molecule has 0 aliphatic carbocycles. The number of aromatic hydroxyl groups is 2. The Morgan fingerprint density at radius 2 is 0.958 bits per heavy atom. The maximum absolute atomic E-state index is 10.6. The molecule has 4 rings (SSSR count). The van der Waals surface area contributed by atoms with E-state index in [2.05, 4.69) is 0 Å². The summed E-state index contributed by atoms with van der Waals surface area (Å²) in [5, 5.41) is 102. The summed E-state index contributed by atoms with van der Waals surface area (Å²) in [5.74, 6) is -0.854. The predicted molar refractivity (Wildman–Crippen MR) is 163 cm³/mol. The van der Waals surface area contributed by atoms with Crippen LogP contribution in [0, 0.1) is 11.8 Å². The molecule has 0 spiro atoms. The molecular weight excluding hydrogens is 640 g/mol. The van der Waals surface area contributed by atoms with Gasteiger partial charge in [-0.05, 0) is 60.1 Å². The van der Waals surface area contributed by atoms with Crippen LogP contribution in [0.3, 0.4) is 0 Å². The summed E-state index contributed by atoms with van der Waals surface area (Å²) >= 11 is 0. The van der Waals surface area contributed by atoms with Crippen LogP contribution in [0.25, 0.3) is 0 Å². The van der Waals surface area contributed by atoms with Crippen LogP contribution in [0.15, 0.2) is 36.4 Å². The van der Waals surface area contributed by atoms with Crippen LogP contribution in [-0.4, -0.2) is 153 Å². The normalized spacial score (nSPS) is 32.0. The van der Waals surface area contributed by atoms with Gasteiger partial charge in [-0.3, -0.25) is 0 Å². The molecule has 2 heterocycles. The molecule has 2 aromatic carbocycles. The fraction of sp³-hybridized carbons (Fsp3) is 0.625. The molecule has 0 saturated carbocycles. The fourth-order valence-electron chi connectivity index (χ4n) is 5.87. The zero-order valence-corrected chi connectivity index (χ0v) is 26.6. The zero-order valence-electron chi connectivity index (χ0n) is 26.6. The summed E-state index contributed by atoms with van der Waals surface area (Å²) in [6.45, 7) is -1.63. The number of aliphatic hydroxyl groups excluding tert-OH is 8. The highest BCUT2D eigenvalue weighted by Crippen LogP contribution is 2.34. The van der Waals surface area contributed by atoms with E-state index in [0.29, 0.717) is 11.1 Å². The number of hydrogen-bond acceptors (Lipinski definition) is 16. The van der Waals surface area contributed by atoms with Gasteiger partial charge in [0.05, 0.1) is 40.6 Å². The first-order chi connectivity index (χ1) is 22.9. The lowest BCUT2D eigenvalue weighted by Crippen LogP contribution is -2.59. The second kappa shape index (κ2) is 17.2. The molecule has 0 amide bonds. The minimum Gasteiger partial charge on any atom is -0.504 e. The Hall–Kier alpha value is -2.84. The van der Waals surface area contributed by atoms with Crippen LogP contribution in [0.1, 0.15) is 11.1 Å². The maximum Gasteiger partial charge on any atom is 0.186 e. The molecule has 10 N–H and O–H groups in total. The molecule has 270 valence electrons. The summed E-state index contributed by atoms with van der Waals surface area (Å²) < 4.78 is 33.6. The van der Waals surface area contributed by atoms with Gasteiger partial charge in [0, 0.05) is 0 Å². The van der Waals surface area contributed by atoms with Crippen LogP contribution in [0.5, 0.6) is 23.0 Å². The smallest absolute Gasteiger partial charge is 0.186 e. The minimum absolute atomic E-state index is 0.0888. The number of methoxy groups -OCH3 is 2. The summed E-state index contributed by atoms with van der Waals surface area (Å²) in [5.41, 5.74) is 1.38. The lowest BCUT2D eigenvalue weighted by atomic mass is 9.83. The number of hydrogen-bond donors (Lipinski definition) is 10. The van der Waals surface area contributed by atoms with E-state index in [0.717, 1.165) is 0 Å². The molecule has 16 heteroatoms. The molecule has 2 fully saturated rings. The first-order valence-corrected chi connectivity index (χ1v) is 15.5. The monoisotopic (exact) mass is 686 g/mol. The van der Waals surface area contributed by atoms with Gasteiger partial charge < -0.3 is 79.5 Å². The minimum atomic E-state index is -1.67. The van der Waals surface area contributed by atoms with Crippen molar-refractivity contribution in [3.63, 3.8) is 0 Å². The summed E-state index contributed by atoms with van der Waals surface area (Å²) in [6, 6.07) is 9.47. The Kier molecular flexibility index (Phi) is 13.6. The third-order valence-corrected chi connectivity index (χ3v) is 8.80. The van der Waals surface area contributed by atoms with E-state index < -0.39 is 86.5 Å². The maximum atomic E-state index is 10.6. The molecule has 12 atom stereocenters. The Labute approximate surface area is 276 Å². The van der Waals surface area contributed by atoms with Crippen molar-refractivity contribution in [1.82, 2.24) is 0 Å². The average molecular weight is 687 g/mol. The van der Waals surface area contributed by atoms with Crippen molar-refractivity contribution in [1.29, 1.82) is 0 Å². The highest BCUT2D eigenvalue weighted by molar-refractivity contribution is 5.43. The molecule has 2 aromatic rings. The van der Waals surface area contributed by atoms with Crippen molar-refractivity contribution in [2.75, 3.05) is 40.6 Å². The third kappa shape index (κ3) is 8.84. The fourth-order valence-corrected chi connectivity index (χ4v) is 5.87. The van der Waals surface area contributed by atoms with Gasteiger partial charge in [0.15, 0.2) is 35.6 Å². The quantitative estimate of drug-likeness (QED) is 0.0951. The number of ether oxygens (including phenoxy) is 6. The molecule has 48 heavy (non-hydrogen) atoms. The molecule has 0 bridgehead atoms. The highest BCUT2D eigenvalue weighted by atomic mass is 16.7. The van der Waals surface area contributed by atoms with Gasteiger partial charge in [0.1, 0.15) is 48.8 Å². The van der Waals surface area contributed by atoms with Gasteiger partial charge in [0.2, 0.25) is 0 Å². The van der Waals surface area contributed by atoms with Crippen molar-refractivity contribution < 1.29 is 79.5 Å². The van der Waals surface area contributed by atoms with Gasteiger partial charge in [-0.2, -0.15) is 0 Å². The Morgan fingerprint density at radius 1 is 0.583 bits per heavy atom. The summed E-state index contributed by atoms with van der Waals surface area (Å²) in [4.78, 5) is 0. The van der Waals surface area contributed by atoms with Gasteiger partial charge in [-0.25, -0.2) is 0 Å². The first kappa shape index (κ1) is 38.0. The lowest BCUT2D eigenvalue weighted by molar-refractivity contribution is -0.308. The molecule has 11 unspecified atom stereocenters. The van der Waals surface area contributed by atoms with Crippen LogP contribution < -0.4 is 9.47 Å². The lowest BCUT2D eigenvalue weighted by Gasteiger charge is -2.41.